The van der Waals surface area contributed by atoms with Crippen LogP contribution in [0.5, 0.6) is 0 Å². The van der Waals surface area contributed by atoms with Crippen LogP contribution in [0.25, 0.3) is 0 Å². The minimum atomic E-state index is -0.128. The first-order chi connectivity index (χ1) is 8.15. The maximum absolute atomic E-state index is 11.2. The number of amides is 2. The summed E-state index contributed by atoms with van der Waals surface area (Å²) < 4.78 is 0. The van der Waals surface area contributed by atoms with Crippen molar-refractivity contribution in [2.45, 2.75) is 6.92 Å². The summed E-state index contributed by atoms with van der Waals surface area (Å²) in [6.45, 7) is 3.15. The number of aromatic nitrogens is 1. The molecule has 2 heterocycles. The van der Waals surface area contributed by atoms with E-state index in [-0.39, 0.29) is 11.8 Å². The minimum Gasteiger partial charge on any atom is -0.353 e. The molecular weight excluding hydrogens is 220 g/mol. The molecule has 1 aromatic rings. The van der Waals surface area contributed by atoms with E-state index in [4.69, 9.17) is 0 Å². The van der Waals surface area contributed by atoms with Crippen LogP contribution in [0.15, 0.2) is 18.3 Å². The minimum absolute atomic E-state index is 0.00369. The van der Waals surface area contributed by atoms with Gasteiger partial charge in [0, 0.05) is 20.0 Å². The molecule has 17 heavy (non-hydrogen) atoms. The molecular formula is C11H14N4O2. The number of nitrogens with one attached hydrogen (secondary N) is 2. The molecule has 90 valence electrons. The van der Waals surface area contributed by atoms with Gasteiger partial charge in [-0.2, -0.15) is 0 Å². The Morgan fingerprint density at radius 1 is 1.53 bits per heavy atom. The fraction of sp³-hybridized carbons (Fsp3) is 0.364. The van der Waals surface area contributed by atoms with Crippen LogP contribution in [0.4, 0.5) is 11.5 Å². The Bertz CT molecular complexity index is 430. The van der Waals surface area contributed by atoms with Crippen LogP contribution in [-0.2, 0) is 9.59 Å². The van der Waals surface area contributed by atoms with E-state index in [1.807, 2.05) is 4.90 Å². The first-order valence-electron chi connectivity index (χ1n) is 5.40. The molecule has 0 spiro atoms. The van der Waals surface area contributed by atoms with E-state index in [9.17, 15) is 9.59 Å². The monoisotopic (exact) mass is 234 g/mol. The van der Waals surface area contributed by atoms with E-state index in [0.717, 1.165) is 12.4 Å². The largest absolute Gasteiger partial charge is 0.353 e. The average Bonchev–Trinajstić information content (AvgIpc) is 2.29. The van der Waals surface area contributed by atoms with Gasteiger partial charge in [0.1, 0.15) is 5.82 Å². The van der Waals surface area contributed by atoms with Crippen LogP contribution in [0.3, 0.4) is 0 Å². The van der Waals surface area contributed by atoms with Crippen molar-refractivity contribution in [3.05, 3.63) is 18.3 Å². The highest BCUT2D eigenvalue weighted by Gasteiger charge is 2.17. The Morgan fingerprint density at radius 3 is 2.94 bits per heavy atom. The Hall–Kier alpha value is -2.11. The summed E-state index contributed by atoms with van der Waals surface area (Å²) in [6.07, 6.45) is 1.59. The van der Waals surface area contributed by atoms with E-state index < -0.39 is 0 Å². The molecule has 0 saturated carbocycles. The second-order valence-corrected chi connectivity index (χ2v) is 3.86. The second kappa shape index (κ2) is 4.82. The zero-order chi connectivity index (χ0) is 12.3. The highest BCUT2D eigenvalue weighted by molar-refractivity contribution is 5.88. The molecule has 0 atom stereocenters. The highest BCUT2D eigenvalue weighted by Crippen LogP contribution is 2.14. The molecule has 1 aliphatic rings. The van der Waals surface area contributed by atoms with Crippen molar-refractivity contribution in [1.82, 2.24) is 10.3 Å². The topological polar surface area (TPSA) is 74.3 Å². The van der Waals surface area contributed by atoms with Crippen LogP contribution < -0.4 is 15.5 Å². The second-order valence-electron chi connectivity index (χ2n) is 3.86. The van der Waals surface area contributed by atoms with Gasteiger partial charge in [-0.05, 0) is 12.1 Å². The zero-order valence-electron chi connectivity index (χ0n) is 9.56. The van der Waals surface area contributed by atoms with Crippen LogP contribution in [0.2, 0.25) is 0 Å². The molecule has 1 fully saturated rings. The van der Waals surface area contributed by atoms with E-state index in [1.54, 1.807) is 18.3 Å². The van der Waals surface area contributed by atoms with Gasteiger partial charge in [-0.15, -0.1) is 0 Å². The lowest BCUT2D eigenvalue weighted by Gasteiger charge is -2.27. The van der Waals surface area contributed by atoms with Gasteiger partial charge in [-0.3, -0.25) is 9.59 Å². The lowest BCUT2D eigenvalue weighted by Crippen LogP contribution is -2.48. The summed E-state index contributed by atoms with van der Waals surface area (Å²) in [7, 11) is 0. The molecule has 1 saturated heterocycles. The van der Waals surface area contributed by atoms with Gasteiger partial charge in [-0.1, -0.05) is 0 Å². The third-order valence-electron chi connectivity index (χ3n) is 2.43. The third kappa shape index (κ3) is 2.93. The molecule has 1 aromatic heterocycles. The van der Waals surface area contributed by atoms with Crippen molar-refractivity contribution in [2.24, 2.45) is 0 Å². The predicted molar refractivity (Wildman–Crippen MR) is 63.8 cm³/mol. The van der Waals surface area contributed by atoms with Crippen LogP contribution >= 0.6 is 0 Å². The number of anilines is 2. The van der Waals surface area contributed by atoms with Crippen molar-refractivity contribution in [2.75, 3.05) is 29.9 Å². The summed E-state index contributed by atoms with van der Waals surface area (Å²) in [5, 5.41) is 5.40. The summed E-state index contributed by atoms with van der Waals surface area (Å²) >= 11 is 0. The van der Waals surface area contributed by atoms with Gasteiger partial charge >= 0.3 is 0 Å². The summed E-state index contributed by atoms with van der Waals surface area (Å²) in [4.78, 5) is 28.2. The fourth-order valence-corrected chi connectivity index (χ4v) is 1.68. The SMILES string of the molecule is CC(=O)Nc1ccc(N2CCNC(=O)C2)nc1. The van der Waals surface area contributed by atoms with Crippen LogP contribution in [0, 0.1) is 0 Å². The summed E-state index contributed by atoms with van der Waals surface area (Å²) in [5.74, 6) is 0.620. The normalized spacial score (nSPS) is 15.4. The fourth-order valence-electron chi connectivity index (χ4n) is 1.68. The van der Waals surface area contributed by atoms with Crippen molar-refractivity contribution in [3.8, 4) is 0 Å². The smallest absolute Gasteiger partial charge is 0.239 e. The molecule has 0 aliphatic carbocycles. The van der Waals surface area contributed by atoms with Crippen molar-refractivity contribution < 1.29 is 9.59 Å². The van der Waals surface area contributed by atoms with Gasteiger partial charge in [0.15, 0.2) is 0 Å². The Morgan fingerprint density at radius 2 is 2.35 bits per heavy atom. The molecule has 2 amide bonds. The number of hydrogen-bond acceptors (Lipinski definition) is 4. The van der Waals surface area contributed by atoms with Gasteiger partial charge in [0.2, 0.25) is 11.8 Å². The third-order valence-corrected chi connectivity index (χ3v) is 2.43. The molecule has 0 aromatic carbocycles. The zero-order valence-corrected chi connectivity index (χ0v) is 9.56. The highest BCUT2D eigenvalue weighted by atomic mass is 16.2. The molecule has 0 radical (unpaired) electrons. The number of hydrogen-bond donors (Lipinski definition) is 2. The summed E-state index contributed by atoms with van der Waals surface area (Å²) in [6, 6.07) is 3.57. The molecule has 2 rings (SSSR count). The van der Waals surface area contributed by atoms with Crippen LogP contribution in [-0.4, -0.2) is 36.4 Å². The molecule has 6 heteroatoms. The Labute approximate surface area is 99.0 Å². The maximum atomic E-state index is 11.2. The number of nitrogens with zero attached hydrogens (tertiary/aromatic N) is 2. The molecule has 6 nitrogen and oxygen atoms in total. The van der Waals surface area contributed by atoms with Crippen molar-refractivity contribution >= 4 is 23.3 Å². The van der Waals surface area contributed by atoms with Gasteiger partial charge in [0.05, 0.1) is 18.4 Å². The van der Waals surface area contributed by atoms with Gasteiger partial charge in [-0.25, -0.2) is 4.98 Å². The first kappa shape index (κ1) is 11.4. The lowest BCUT2D eigenvalue weighted by atomic mass is 10.3. The summed E-state index contributed by atoms with van der Waals surface area (Å²) in [5.41, 5.74) is 0.655. The van der Waals surface area contributed by atoms with Gasteiger partial charge in [0.25, 0.3) is 0 Å². The molecule has 0 bridgehead atoms. The van der Waals surface area contributed by atoms with E-state index in [0.29, 0.717) is 18.8 Å². The molecule has 1 aliphatic heterocycles. The maximum Gasteiger partial charge on any atom is 0.239 e. The van der Waals surface area contributed by atoms with Crippen molar-refractivity contribution in [3.63, 3.8) is 0 Å². The molecule has 2 N–H and O–H groups in total. The number of pyridine rings is 1. The number of rotatable bonds is 2. The van der Waals surface area contributed by atoms with Gasteiger partial charge < -0.3 is 15.5 Å². The quantitative estimate of drug-likeness (QED) is 0.754. The first-order valence-corrected chi connectivity index (χ1v) is 5.40. The Kier molecular flexibility index (Phi) is 3.22. The van der Waals surface area contributed by atoms with Crippen molar-refractivity contribution in [1.29, 1.82) is 0 Å². The van der Waals surface area contributed by atoms with E-state index in [2.05, 4.69) is 15.6 Å². The standard InChI is InChI=1S/C11H14N4O2/c1-8(16)14-9-2-3-10(13-6-9)15-5-4-12-11(17)7-15/h2-3,6H,4-5,7H2,1H3,(H,12,17)(H,14,16). The number of carbonyl (C=O) groups is 2. The van der Waals surface area contributed by atoms with Crippen LogP contribution in [0.1, 0.15) is 6.92 Å². The predicted octanol–water partition coefficient (Wildman–Crippen LogP) is -0.0238. The number of carbonyl (C=O) groups excluding carboxylic acids is 2. The van der Waals surface area contributed by atoms with E-state index >= 15 is 0 Å². The Balaban J connectivity index is 2.06. The lowest BCUT2D eigenvalue weighted by molar-refractivity contribution is -0.120. The number of piperazine rings is 1. The average molecular weight is 234 g/mol. The van der Waals surface area contributed by atoms with E-state index in [1.165, 1.54) is 6.92 Å². The molecule has 0 unspecified atom stereocenters.